The Hall–Kier alpha value is -2.09. The maximum Gasteiger partial charge on any atom is 0.315 e. The minimum Gasteiger partial charge on any atom is -0.383 e. The highest BCUT2D eigenvalue weighted by Gasteiger charge is 2.16. The first-order valence-corrected chi connectivity index (χ1v) is 5.80. The Bertz CT molecular complexity index is 432. The molecular formula is C11H18N4O4. The van der Waals surface area contributed by atoms with Gasteiger partial charge in [0.15, 0.2) is 5.82 Å². The Labute approximate surface area is 110 Å². The third kappa shape index (κ3) is 5.38. The molecule has 1 aromatic rings. The van der Waals surface area contributed by atoms with Gasteiger partial charge in [0.1, 0.15) is 11.8 Å². The van der Waals surface area contributed by atoms with Crippen molar-refractivity contribution in [3.63, 3.8) is 0 Å². The van der Waals surface area contributed by atoms with Crippen molar-refractivity contribution in [1.82, 2.24) is 15.8 Å². The summed E-state index contributed by atoms with van der Waals surface area (Å²) in [6.45, 7) is 4.07. The van der Waals surface area contributed by atoms with Crippen molar-refractivity contribution in [3.05, 3.63) is 11.8 Å². The topological polar surface area (TPSA) is 105 Å². The van der Waals surface area contributed by atoms with Gasteiger partial charge in [-0.05, 0) is 13.8 Å². The second-order valence-electron chi connectivity index (χ2n) is 3.93. The van der Waals surface area contributed by atoms with Gasteiger partial charge in [-0.15, -0.1) is 0 Å². The molecule has 0 bridgehead atoms. The predicted octanol–water partition coefficient (Wildman–Crippen LogP) is 0.256. The Morgan fingerprint density at radius 3 is 2.84 bits per heavy atom. The second kappa shape index (κ2) is 7.37. The molecule has 8 nitrogen and oxygen atoms in total. The Kier molecular flexibility index (Phi) is 5.80. The second-order valence-corrected chi connectivity index (χ2v) is 3.93. The van der Waals surface area contributed by atoms with Crippen molar-refractivity contribution in [2.45, 2.75) is 19.9 Å². The number of urea groups is 1. The van der Waals surface area contributed by atoms with Crippen molar-refractivity contribution in [1.29, 1.82) is 0 Å². The Morgan fingerprint density at radius 1 is 1.53 bits per heavy atom. The number of hydrogen-bond acceptors (Lipinski definition) is 5. The molecule has 0 fully saturated rings. The number of nitrogens with one attached hydrogen (secondary N) is 3. The number of aromatic nitrogens is 1. The molecule has 1 rings (SSSR count). The molecule has 0 aliphatic carbocycles. The highest BCUT2D eigenvalue weighted by molar-refractivity contribution is 5.95. The summed E-state index contributed by atoms with van der Waals surface area (Å²) in [5.41, 5.74) is 0. The number of nitrogens with zero attached hydrogens (tertiary/aromatic N) is 1. The van der Waals surface area contributed by atoms with Crippen LogP contribution >= 0.6 is 0 Å². The third-order valence-electron chi connectivity index (χ3n) is 2.21. The van der Waals surface area contributed by atoms with Gasteiger partial charge >= 0.3 is 6.03 Å². The lowest BCUT2D eigenvalue weighted by Gasteiger charge is -2.13. The smallest absolute Gasteiger partial charge is 0.315 e. The van der Waals surface area contributed by atoms with Crippen molar-refractivity contribution >= 4 is 17.8 Å². The zero-order valence-electron chi connectivity index (χ0n) is 11.1. The van der Waals surface area contributed by atoms with Gasteiger partial charge in [-0.3, -0.25) is 4.79 Å². The van der Waals surface area contributed by atoms with Crippen LogP contribution in [0.3, 0.4) is 0 Å². The average molecular weight is 270 g/mol. The van der Waals surface area contributed by atoms with Gasteiger partial charge in [0.25, 0.3) is 0 Å². The van der Waals surface area contributed by atoms with Crippen LogP contribution in [0.1, 0.15) is 12.7 Å². The molecule has 0 saturated carbocycles. The van der Waals surface area contributed by atoms with Gasteiger partial charge in [0, 0.05) is 19.7 Å². The lowest BCUT2D eigenvalue weighted by Crippen LogP contribution is -2.47. The number of rotatable bonds is 6. The Morgan fingerprint density at radius 2 is 2.26 bits per heavy atom. The summed E-state index contributed by atoms with van der Waals surface area (Å²) in [6, 6.07) is 0.457. The van der Waals surface area contributed by atoms with Gasteiger partial charge in [-0.2, -0.15) is 0 Å². The number of carbonyl (C=O) groups excluding carboxylic acids is 2. The molecule has 0 saturated heterocycles. The molecular weight excluding hydrogens is 252 g/mol. The molecule has 1 atom stereocenters. The number of anilines is 1. The third-order valence-corrected chi connectivity index (χ3v) is 2.21. The summed E-state index contributed by atoms with van der Waals surface area (Å²) in [5.74, 6) is 0.527. The van der Waals surface area contributed by atoms with Crippen LogP contribution in [0.2, 0.25) is 0 Å². The maximum absolute atomic E-state index is 11.7. The van der Waals surface area contributed by atoms with E-state index in [2.05, 4.69) is 21.1 Å². The lowest BCUT2D eigenvalue weighted by molar-refractivity contribution is -0.117. The number of methoxy groups -OCH3 is 1. The summed E-state index contributed by atoms with van der Waals surface area (Å²) in [4.78, 5) is 23.1. The molecule has 8 heteroatoms. The predicted molar refractivity (Wildman–Crippen MR) is 67.7 cm³/mol. The van der Waals surface area contributed by atoms with Crippen LogP contribution in [0.15, 0.2) is 10.6 Å². The highest BCUT2D eigenvalue weighted by atomic mass is 16.5. The van der Waals surface area contributed by atoms with Crippen LogP contribution in [-0.4, -0.2) is 43.4 Å². The molecule has 0 unspecified atom stereocenters. The molecule has 0 aromatic carbocycles. The summed E-state index contributed by atoms with van der Waals surface area (Å²) in [5, 5.41) is 11.2. The number of hydrogen-bond donors (Lipinski definition) is 3. The zero-order chi connectivity index (χ0) is 14.3. The van der Waals surface area contributed by atoms with E-state index in [1.54, 1.807) is 19.9 Å². The van der Waals surface area contributed by atoms with Crippen LogP contribution in [0.4, 0.5) is 10.6 Å². The fraction of sp³-hybridized carbons (Fsp3) is 0.545. The van der Waals surface area contributed by atoms with Crippen LogP contribution in [0.5, 0.6) is 0 Å². The van der Waals surface area contributed by atoms with E-state index < -0.39 is 12.1 Å². The molecule has 1 heterocycles. The average Bonchev–Trinajstić information content (AvgIpc) is 2.75. The summed E-state index contributed by atoms with van der Waals surface area (Å²) >= 11 is 0. The van der Waals surface area contributed by atoms with Gasteiger partial charge in [0.2, 0.25) is 5.91 Å². The van der Waals surface area contributed by atoms with E-state index in [0.29, 0.717) is 24.7 Å². The zero-order valence-corrected chi connectivity index (χ0v) is 11.1. The molecule has 3 amide bonds. The van der Waals surface area contributed by atoms with Crippen molar-refractivity contribution in [2.75, 3.05) is 25.6 Å². The van der Waals surface area contributed by atoms with E-state index >= 15 is 0 Å². The molecule has 106 valence electrons. The van der Waals surface area contributed by atoms with Crippen LogP contribution in [0, 0.1) is 6.92 Å². The molecule has 3 N–H and O–H groups in total. The normalized spacial score (nSPS) is 11.7. The fourth-order valence-corrected chi connectivity index (χ4v) is 1.24. The van der Waals surface area contributed by atoms with E-state index in [1.807, 2.05) is 0 Å². The van der Waals surface area contributed by atoms with Gasteiger partial charge in [-0.1, -0.05) is 5.16 Å². The first kappa shape index (κ1) is 15.0. The van der Waals surface area contributed by atoms with Gasteiger partial charge in [-0.25, -0.2) is 4.79 Å². The summed E-state index contributed by atoms with van der Waals surface area (Å²) in [7, 11) is 1.54. The molecule has 0 radical (unpaired) electrons. The van der Waals surface area contributed by atoms with Crippen molar-refractivity contribution in [2.24, 2.45) is 0 Å². The number of amides is 3. The van der Waals surface area contributed by atoms with E-state index in [-0.39, 0.29) is 5.91 Å². The number of ether oxygens (including phenoxy) is 1. The molecule has 0 spiro atoms. The van der Waals surface area contributed by atoms with E-state index in [9.17, 15) is 9.59 Å². The summed E-state index contributed by atoms with van der Waals surface area (Å²) in [6.07, 6.45) is 0. The van der Waals surface area contributed by atoms with Crippen molar-refractivity contribution < 1.29 is 18.8 Å². The molecule has 1 aromatic heterocycles. The minimum atomic E-state index is -0.695. The molecule has 0 aliphatic rings. The largest absolute Gasteiger partial charge is 0.383 e. The molecule has 0 aliphatic heterocycles. The molecule has 19 heavy (non-hydrogen) atoms. The fourth-order valence-electron chi connectivity index (χ4n) is 1.24. The van der Waals surface area contributed by atoms with Crippen LogP contribution in [-0.2, 0) is 9.53 Å². The number of aryl methyl sites for hydroxylation is 1. The van der Waals surface area contributed by atoms with Crippen LogP contribution < -0.4 is 16.0 Å². The highest BCUT2D eigenvalue weighted by Crippen LogP contribution is 2.07. The quantitative estimate of drug-likeness (QED) is 0.643. The van der Waals surface area contributed by atoms with Crippen LogP contribution in [0.25, 0.3) is 0 Å². The lowest BCUT2D eigenvalue weighted by atomic mass is 10.3. The van der Waals surface area contributed by atoms with Gasteiger partial charge < -0.3 is 25.2 Å². The Balaban J connectivity index is 2.34. The van der Waals surface area contributed by atoms with Crippen molar-refractivity contribution in [3.8, 4) is 0 Å². The summed E-state index contributed by atoms with van der Waals surface area (Å²) < 4.78 is 9.60. The first-order chi connectivity index (χ1) is 9.02. The maximum atomic E-state index is 11.7. The monoisotopic (exact) mass is 270 g/mol. The van der Waals surface area contributed by atoms with E-state index in [0.717, 1.165) is 0 Å². The van der Waals surface area contributed by atoms with E-state index in [1.165, 1.54) is 7.11 Å². The number of carbonyl (C=O) groups is 2. The van der Waals surface area contributed by atoms with Gasteiger partial charge in [0.05, 0.1) is 6.61 Å². The minimum absolute atomic E-state index is 0.316. The SMILES string of the molecule is COCCNC(=O)N[C@@H](C)C(=O)Nc1cc(C)on1. The standard InChI is InChI=1S/C11H18N4O4/c1-7-6-9(15-19-7)14-10(16)8(2)13-11(17)12-4-5-18-3/h6,8H,4-5H2,1-3H3,(H2,12,13,17)(H,14,15,16)/t8-/m0/s1. The van der Waals surface area contributed by atoms with E-state index in [4.69, 9.17) is 9.26 Å². The first-order valence-electron chi connectivity index (χ1n) is 5.80.